The van der Waals surface area contributed by atoms with Crippen LogP contribution >= 0.6 is 0 Å². The Labute approximate surface area is 104 Å². The Balaban J connectivity index is 1.78. The van der Waals surface area contributed by atoms with Crippen LogP contribution in [0.5, 0.6) is 0 Å². The van der Waals surface area contributed by atoms with E-state index in [1.54, 1.807) is 6.08 Å². The van der Waals surface area contributed by atoms with Gasteiger partial charge in [-0.1, -0.05) is 31.6 Å². The molecule has 1 atom stereocenters. The lowest BCUT2D eigenvalue weighted by Gasteiger charge is -2.28. The van der Waals surface area contributed by atoms with Gasteiger partial charge in [0, 0.05) is 6.04 Å². The van der Waals surface area contributed by atoms with Gasteiger partial charge in [-0.05, 0) is 50.0 Å². The number of nitrogens with one attached hydrogen (secondary N) is 1. The molecule has 0 heterocycles. The monoisotopic (exact) mass is 233 g/mol. The van der Waals surface area contributed by atoms with E-state index in [2.05, 4.69) is 32.2 Å². The Bertz CT molecular complexity index is 361. The molecule has 2 aliphatic carbocycles. The molecule has 17 heavy (non-hydrogen) atoms. The van der Waals surface area contributed by atoms with Crippen molar-refractivity contribution in [2.75, 3.05) is 0 Å². The van der Waals surface area contributed by atoms with Crippen molar-refractivity contribution >= 4 is 5.91 Å². The van der Waals surface area contributed by atoms with Gasteiger partial charge in [-0.15, -0.1) is 0 Å². The Morgan fingerprint density at radius 2 is 2.24 bits per heavy atom. The molecule has 1 saturated carbocycles. The summed E-state index contributed by atoms with van der Waals surface area (Å²) in [6, 6.07) is 0.457. The molecule has 2 rings (SSSR count). The first-order valence-corrected chi connectivity index (χ1v) is 6.64. The van der Waals surface area contributed by atoms with Crippen molar-refractivity contribution in [1.82, 2.24) is 5.32 Å². The summed E-state index contributed by atoms with van der Waals surface area (Å²) in [5, 5.41) is 2.97. The number of carbonyl (C=O) groups excluding carboxylic acids is 1. The molecule has 0 spiro atoms. The third kappa shape index (κ3) is 2.99. The molecule has 0 radical (unpaired) electrons. The van der Waals surface area contributed by atoms with Crippen molar-refractivity contribution in [2.45, 2.75) is 52.5 Å². The minimum absolute atomic E-state index is 0.0768. The summed E-state index contributed by atoms with van der Waals surface area (Å²) >= 11 is 0. The van der Waals surface area contributed by atoms with E-state index < -0.39 is 0 Å². The molecule has 0 aromatic heterocycles. The second-order valence-electron chi connectivity index (χ2n) is 5.96. The molecule has 2 heteroatoms. The predicted octanol–water partition coefficient (Wildman–Crippen LogP) is 3.20. The van der Waals surface area contributed by atoms with Crippen LogP contribution < -0.4 is 5.32 Å². The summed E-state index contributed by atoms with van der Waals surface area (Å²) in [5.41, 5.74) is 1.77. The molecule has 2 aliphatic rings. The first-order chi connectivity index (χ1) is 8.00. The van der Waals surface area contributed by atoms with E-state index in [0.717, 1.165) is 25.7 Å². The average molecular weight is 233 g/mol. The van der Waals surface area contributed by atoms with Crippen LogP contribution in [0.4, 0.5) is 0 Å². The number of hydrogen-bond donors (Lipinski definition) is 1. The molecular weight excluding hydrogens is 210 g/mol. The van der Waals surface area contributed by atoms with Crippen molar-refractivity contribution < 1.29 is 4.79 Å². The van der Waals surface area contributed by atoms with E-state index in [-0.39, 0.29) is 11.3 Å². The fourth-order valence-corrected chi connectivity index (χ4v) is 2.41. The molecule has 1 unspecified atom stereocenters. The average Bonchev–Trinajstić information content (AvgIpc) is 3.01. The molecule has 0 aliphatic heterocycles. The molecule has 0 aromatic rings. The van der Waals surface area contributed by atoms with Crippen LogP contribution in [0, 0.1) is 11.3 Å². The Morgan fingerprint density at radius 1 is 1.53 bits per heavy atom. The van der Waals surface area contributed by atoms with Crippen molar-refractivity contribution in [1.29, 1.82) is 0 Å². The fourth-order valence-electron chi connectivity index (χ4n) is 2.41. The third-order valence-corrected chi connectivity index (χ3v) is 4.36. The van der Waals surface area contributed by atoms with Crippen LogP contribution in [0.25, 0.3) is 0 Å². The number of amides is 1. The van der Waals surface area contributed by atoms with Crippen molar-refractivity contribution in [2.24, 2.45) is 11.3 Å². The van der Waals surface area contributed by atoms with Crippen LogP contribution in [0.15, 0.2) is 23.8 Å². The Morgan fingerprint density at radius 3 is 2.76 bits per heavy atom. The first kappa shape index (κ1) is 12.4. The standard InChI is InChI=1S/C15H23NO/c1-11-7-8-12(15(11,2)3)5-4-6-14(17)16-13-9-10-13/h4,6-7,12-13H,5,8-10H2,1-3H3,(H,16,17). The third-order valence-electron chi connectivity index (χ3n) is 4.36. The maximum absolute atomic E-state index is 11.5. The van der Waals surface area contributed by atoms with Gasteiger partial charge in [0.1, 0.15) is 0 Å². The number of allylic oxidation sites excluding steroid dienone is 3. The van der Waals surface area contributed by atoms with Gasteiger partial charge in [-0.3, -0.25) is 4.79 Å². The lowest BCUT2D eigenvalue weighted by atomic mass is 9.76. The van der Waals surface area contributed by atoms with Crippen molar-refractivity contribution in [3.05, 3.63) is 23.8 Å². The minimum Gasteiger partial charge on any atom is -0.350 e. The summed E-state index contributed by atoms with van der Waals surface area (Å²) in [6.45, 7) is 6.81. The molecule has 94 valence electrons. The molecule has 1 amide bonds. The van der Waals surface area contributed by atoms with Gasteiger partial charge in [-0.2, -0.15) is 0 Å². The van der Waals surface area contributed by atoms with E-state index in [9.17, 15) is 4.79 Å². The van der Waals surface area contributed by atoms with Gasteiger partial charge < -0.3 is 5.32 Å². The number of carbonyl (C=O) groups is 1. The highest BCUT2D eigenvalue weighted by atomic mass is 16.1. The van der Waals surface area contributed by atoms with Gasteiger partial charge >= 0.3 is 0 Å². The zero-order chi connectivity index (χ0) is 12.5. The van der Waals surface area contributed by atoms with Crippen LogP contribution in [-0.4, -0.2) is 11.9 Å². The maximum Gasteiger partial charge on any atom is 0.243 e. The predicted molar refractivity (Wildman–Crippen MR) is 70.6 cm³/mol. The number of hydrogen-bond acceptors (Lipinski definition) is 1. The molecule has 2 nitrogen and oxygen atoms in total. The van der Waals surface area contributed by atoms with E-state index in [4.69, 9.17) is 0 Å². The van der Waals surface area contributed by atoms with Gasteiger partial charge in [0.15, 0.2) is 0 Å². The minimum atomic E-state index is 0.0768. The Hall–Kier alpha value is -1.05. The van der Waals surface area contributed by atoms with E-state index in [1.165, 1.54) is 5.57 Å². The first-order valence-electron chi connectivity index (χ1n) is 6.64. The molecule has 0 bridgehead atoms. The lowest BCUT2D eigenvalue weighted by molar-refractivity contribution is -0.116. The fraction of sp³-hybridized carbons (Fsp3) is 0.667. The molecular formula is C15H23NO. The van der Waals surface area contributed by atoms with Crippen LogP contribution in [0.1, 0.15) is 46.5 Å². The summed E-state index contributed by atoms with van der Waals surface area (Å²) in [5.74, 6) is 0.723. The van der Waals surface area contributed by atoms with E-state index >= 15 is 0 Å². The van der Waals surface area contributed by atoms with Gasteiger partial charge in [0.2, 0.25) is 5.91 Å². The van der Waals surface area contributed by atoms with Gasteiger partial charge in [-0.25, -0.2) is 0 Å². The molecule has 1 N–H and O–H groups in total. The SMILES string of the molecule is CC1=CCC(CC=CC(=O)NC2CC2)C1(C)C. The lowest BCUT2D eigenvalue weighted by Crippen LogP contribution is -2.23. The highest BCUT2D eigenvalue weighted by Gasteiger charge is 2.33. The number of rotatable bonds is 4. The van der Waals surface area contributed by atoms with Crippen molar-refractivity contribution in [3.63, 3.8) is 0 Å². The zero-order valence-electron chi connectivity index (χ0n) is 11.1. The highest BCUT2D eigenvalue weighted by molar-refractivity contribution is 5.87. The van der Waals surface area contributed by atoms with Crippen LogP contribution in [0.2, 0.25) is 0 Å². The largest absolute Gasteiger partial charge is 0.350 e. The maximum atomic E-state index is 11.5. The zero-order valence-corrected chi connectivity index (χ0v) is 11.1. The Kier molecular flexibility index (Phi) is 3.41. The smallest absolute Gasteiger partial charge is 0.243 e. The molecule has 0 saturated heterocycles. The van der Waals surface area contributed by atoms with Gasteiger partial charge in [0.25, 0.3) is 0 Å². The summed E-state index contributed by atoms with van der Waals surface area (Å²) in [4.78, 5) is 11.5. The van der Waals surface area contributed by atoms with Crippen molar-refractivity contribution in [3.8, 4) is 0 Å². The van der Waals surface area contributed by atoms with Crippen LogP contribution in [0.3, 0.4) is 0 Å². The normalized spacial score (nSPS) is 27.2. The quantitative estimate of drug-likeness (QED) is 0.586. The summed E-state index contributed by atoms with van der Waals surface area (Å²) in [6.07, 6.45) is 10.5. The highest BCUT2D eigenvalue weighted by Crippen LogP contribution is 2.44. The summed E-state index contributed by atoms with van der Waals surface area (Å²) < 4.78 is 0. The topological polar surface area (TPSA) is 29.1 Å². The molecule has 1 fully saturated rings. The van der Waals surface area contributed by atoms with Gasteiger partial charge in [0.05, 0.1) is 0 Å². The summed E-state index contributed by atoms with van der Waals surface area (Å²) in [7, 11) is 0. The van der Waals surface area contributed by atoms with Crippen LogP contribution in [-0.2, 0) is 4.79 Å². The second-order valence-corrected chi connectivity index (χ2v) is 5.96. The molecule has 0 aromatic carbocycles. The van der Waals surface area contributed by atoms with E-state index in [1.807, 2.05) is 6.08 Å². The second kappa shape index (κ2) is 4.67. The van der Waals surface area contributed by atoms with E-state index in [0.29, 0.717) is 12.0 Å².